The van der Waals surface area contributed by atoms with Gasteiger partial charge in [0.1, 0.15) is 48.8 Å². The molecule has 2 aliphatic heterocycles. The summed E-state index contributed by atoms with van der Waals surface area (Å²) in [5.74, 6) is -1.96. The minimum absolute atomic E-state index is 0. The maximum atomic E-state index is 11.0. The van der Waals surface area contributed by atoms with Crippen molar-refractivity contribution in [3.05, 3.63) is 0 Å². The fourth-order valence-electron chi connectivity index (χ4n) is 2.85. The molecule has 30 heavy (non-hydrogen) atoms. The quantitative estimate of drug-likeness (QED) is 0.138. The minimum atomic E-state index is -5.17. The third kappa shape index (κ3) is 7.24. The standard InChI is InChI=1S/C12H21NO14S.2Na/c14-1-2-8(4(15)3(11(21)25-2)13-28(22,23)24)26-12-7(18)5(16)6(17)9(27-12)10(19)20;;/h2-9,11-18,21H,1H2,(H,19,20)(H,22,23,24);;/q;2*+1/p-2/t2-,3-,4-,5+,6+,7-,8-,9-,11?,12-;;/m1../s1. The molecule has 2 rings (SSSR count). The Kier molecular flexibility index (Phi) is 12.9. The molecule has 0 aromatic heterocycles. The first-order chi connectivity index (χ1) is 12.9. The van der Waals surface area contributed by atoms with Gasteiger partial charge < -0.3 is 59.3 Å². The van der Waals surface area contributed by atoms with Crippen molar-refractivity contribution < 1.29 is 127 Å². The Bertz CT molecular complexity index is 669. The van der Waals surface area contributed by atoms with Crippen molar-refractivity contribution >= 4 is 16.3 Å². The Labute approximate surface area is 214 Å². The summed E-state index contributed by atoms with van der Waals surface area (Å²) in [4.78, 5) is 11.0. The summed E-state index contributed by atoms with van der Waals surface area (Å²) in [7, 11) is -5.17. The van der Waals surface area contributed by atoms with Crippen LogP contribution in [0, 0.1) is 0 Å². The van der Waals surface area contributed by atoms with Crippen molar-refractivity contribution in [2.45, 2.75) is 61.3 Å². The van der Waals surface area contributed by atoms with E-state index in [4.69, 9.17) is 14.2 Å². The number of aliphatic carboxylic acids is 1. The molecule has 0 aromatic rings. The predicted octanol–water partition coefficient (Wildman–Crippen LogP) is -13.6. The summed E-state index contributed by atoms with van der Waals surface area (Å²) in [6.45, 7) is -0.909. The summed E-state index contributed by atoms with van der Waals surface area (Å²) < 4.78 is 48.7. The first kappa shape index (κ1) is 31.0. The summed E-state index contributed by atoms with van der Waals surface area (Å²) in [6.07, 6.45) is -17.8. The van der Waals surface area contributed by atoms with Gasteiger partial charge in [-0.3, -0.25) is 0 Å². The van der Waals surface area contributed by atoms with Crippen LogP contribution >= 0.6 is 0 Å². The normalized spacial score (nSPS) is 42.0. The van der Waals surface area contributed by atoms with Crippen molar-refractivity contribution in [3.63, 3.8) is 0 Å². The van der Waals surface area contributed by atoms with Crippen LogP contribution < -0.4 is 68.9 Å². The van der Waals surface area contributed by atoms with Crippen molar-refractivity contribution in [2.24, 2.45) is 0 Å². The van der Waals surface area contributed by atoms with Crippen LogP contribution in [-0.2, 0) is 29.3 Å². The Morgan fingerprint density at radius 3 is 2.03 bits per heavy atom. The topological polar surface area (TPSA) is 258 Å². The maximum absolute atomic E-state index is 11.0. The monoisotopic (exact) mass is 479 g/mol. The molecule has 15 nitrogen and oxygen atoms in total. The largest absolute Gasteiger partial charge is 1.00 e. The minimum Gasteiger partial charge on any atom is -0.735 e. The van der Waals surface area contributed by atoms with Gasteiger partial charge in [-0.15, -0.1) is 0 Å². The molecule has 0 aliphatic carbocycles. The zero-order valence-corrected chi connectivity index (χ0v) is 20.7. The molecule has 0 aromatic carbocycles. The van der Waals surface area contributed by atoms with E-state index in [0.29, 0.717) is 0 Å². The van der Waals surface area contributed by atoms with E-state index in [1.165, 1.54) is 4.72 Å². The Morgan fingerprint density at radius 1 is 1.00 bits per heavy atom. The molecule has 7 N–H and O–H groups in total. The molecule has 2 fully saturated rings. The van der Waals surface area contributed by atoms with Gasteiger partial charge in [-0.05, 0) is 0 Å². The number of carbonyl (C=O) groups is 1. The van der Waals surface area contributed by atoms with Gasteiger partial charge in [-0.25, -0.2) is 13.1 Å². The molecule has 2 aliphatic rings. The van der Waals surface area contributed by atoms with Gasteiger partial charge in [0.2, 0.25) is 0 Å². The number of carbonyl (C=O) groups excluding carboxylic acids is 1. The zero-order chi connectivity index (χ0) is 21.4. The van der Waals surface area contributed by atoms with Crippen LogP contribution in [0.25, 0.3) is 0 Å². The molecule has 2 heterocycles. The van der Waals surface area contributed by atoms with Crippen LogP contribution in [-0.4, -0.2) is 118 Å². The van der Waals surface area contributed by atoms with Gasteiger partial charge in [0.05, 0.1) is 12.6 Å². The average Bonchev–Trinajstić information content (AvgIpc) is 2.59. The van der Waals surface area contributed by atoms with Crippen molar-refractivity contribution in [1.82, 2.24) is 4.72 Å². The van der Waals surface area contributed by atoms with Crippen LogP contribution in [0.1, 0.15) is 0 Å². The fourth-order valence-corrected chi connectivity index (χ4v) is 3.44. The van der Waals surface area contributed by atoms with Gasteiger partial charge in [0.15, 0.2) is 22.9 Å². The van der Waals surface area contributed by atoms with Gasteiger partial charge in [0.25, 0.3) is 0 Å². The number of ether oxygens (including phenoxy) is 3. The second kappa shape index (κ2) is 12.4. The Hall–Kier alpha value is 0.980. The van der Waals surface area contributed by atoms with Gasteiger partial charge in [-0.1, -0.05) is 0 Å². The van der Waals surface area contributed by atoms with E-state index in [9.17, 15) is 53.5 Å². The average molecular weight is 479 g/mol. The smallest absolute Gasteiger partial charge is 0.735 e. The summed E-state index contributed by atoms with van der Waals surface area (Å²) in [5, 5.41) is 69.5. The summed E-state index contributed by atoms with van der Waals surface area (Å²) in [6, 6.07) is -1.96. The van der Waals surface area contributed by atoms with Crippen molar-refractivity contribution in [1.29, 1.82) is 0 Å². The number of aliphatic hydroxyl groups excluding tert-OH is 6. The second-order valence-corrected chi connectivity index (χ2v) is 7.30. The zero-order valence-electron chi connectivity index (χ0n) is 15.8. The predicted molar refractivity (Wildman–Crippen MR) is 77.2 cm³/mol. The molecule has 0 spiro atoms. The van der Waals surface area contributed by atoms with Gasteiger partial charge in [0, 0.05) is 0 Å². The molecule has 0 radical (unpaired) electrons. The molecular weight excluding hydrogens is 460 g/mol. The van der Waals surface area contributed by atoms with E-state index in [1.54, 1.807) is 0 Å². The number of hydrogen-bond donors (Lipinski definition) is 7. The number of carboxylic acid groups (broad SMARTS) is 1. The number of hydrogen-bond acceptors (Lipinski definition) is 14. The van der Waals surface area contributed by atoms with E-state index in [0.717, 1.165) is 0 Å². The SMILES string of the molecule is O=C([O-])[C@@H]1O[C@@H](O[C@H]2[C@H](O)[C@@H](NS(=O)(=O)[O-])C(O)O[C@@H]2CO)[C@H](O)[C@@H](O)[C@@H]1O.[Na+].[Na+]. The molecule has 164 valence electrons. The van der Waals surface area contributed by atoms with Gasteiger partial charge >= 0.3 is 59.1 Å². The number of aliphatic hydroxyl groups is 6. The Morgan fingerprint density at radius 2 is 1.57 bits per heavy atom. The van der Waals surface area contributed by atoms with E-state index in [1.807, 2.05) is 0 Å². The molecule has 10 atom stereocenters. The third-order valence-electron chi connectivity index (χ3n) is 4.25. The molecule has 0 amide bonds. The molecule has 18 heteroatoms. The number of nitrogens with one attached hydrogen (secondary N) is 1. The van der Waals surface area contributed by atoms with Crippen LogP contribution in [0.3, 0.4) is 0 Å². The number of rotatable bonds is 6. The second-order valence-electron chi connectivity index (χ2n) is 6.15. The first-order valence-electron chi connectivity index (χ1n) is 7.79. The third-order valence-corrected chi connectivity index (χ3v) is 4.81. The molecule has 1 unspecified atom stereocenters. The molecule has 0 bridgehead atoms. The molecule has 2 saturated heterocycles. The van der Waals surface area contributed by atoms with E-state index >= 15 is 0 Å². The van der Waals surface area contributed by atoms with Gasteiger partial charge in [-0.2, -0.15) is 0 Å². The van der Waals surface area contributed by atoms with Crippen LogP contribution in [0.4, 0.5) is 0 Å². The summed E-state index contributed by atoms with van der Waals surface area (Å²) in [5.41, 5.74) is 0. The van der Waals surface area contributed by atoms with E-state index in [-0.39, 0.29) is 59.1 Å². The van der Waals surface area contributed by atoms with Crippen LogP contribution in [0.15, 0.2) is 0 Å². The number of carboxylic acids is 1. The maximum Gasteiger partial charge on any atom is 1.00 e. The molecular formula is C12H19NNa2O14S. The fraction of sp³-hybridized carbons (Fsp3) is 0.917. The molecule has 0 saturated carbocycles. The van der Waals surface area contributed by atoms with Crippen molar-refractivity contribution in [2.75, 3.05) is 6.61 Å². The van der Waals surface area contributed by atoms with Crippen molar-refractivity contribution in [3.8, 4) is 0 Å². The summed E-state index contributed by atoms with van der Waals surface area (Å²) >= 11 is 0. The van der Waals surface area contributed by atoms with E-state index < -0.39 is 84.2 Å². The Balaban J connectivity index is 0.00000420. The van der Waals surface area contributed by atoms with Crippen LogP contribution in [0.2, 0.25) is 0 Å². The first-order valence-corrected chi connectivity index (χ1v) is 9.19. The van der Waals surface area contributed by atoms with Crippen LogP contribution in [0.5, 0.6) is 0 Å². The van der Waals surface area contributed by atoms with E-state index in [2.05, 4.69) is 0 Å².